The largest absolute Gasteiger partial charge is 0.310 e. The minimum absolute atomic E-state index is 1.09. The third-order valence-electron chi connectivity index (χ3n) is 12.4. The van der Waals surface area contributed by atoms with E-state index in [-0.39, 0.29) is 0 Å². The lowest BCUT2D eigenvalue weighted by atomic mass is 9.88. The van der Waals surface area contributed by atoms with Crippen LogP contribution in [0.25, 0.3) is 92.2 Å². The van der Waals surface area contributed by atoms with Crippen LogP contribution in [0.3, 0.4) is 0 Å². The maximum atomic E-state index is 2.45. The number of hydrogen-bond donors (Lipinski definition) is 0. The maximum Gasteiger partial charge on any atom is 0.0542 e. The summed E-state index contributed by atoms with van der Waals surface area (Å²) < 4.78 is 5.01. The Morgan fingerprint density at radius 3 is 1.62 bits per heavy atom. The molecule has 10 aromatic carbocycles. The molecule has 0 unspecified atom stereocenters. The molecule has 2 nitrogen and oxygen atoms in total. The SMILES string of the molecule is c1ccc(-c2ccccc2-c2ccccc2-c2ccccc2N(c2ccc(-c3cccc4sc5ccccc5c34)cc2)c2ccc3c(c2)c2ccccc2n3-c2ccccc2)cc1. The highest BCUT2D eigenvalue weighted by Crippen LogP contribution is 2.47. The lowest BCUT2D eigenvalue weighted by molar-refractivity contribution is 1.18. The van der Waals surface area contributed by atoms with Crippen molar-refractivity contribution in [2.24, 2.45) is 0 Å². The highest BCUT2D eigenvalue weighted by atomic mass is 32.1. The molecule has 0 fully saturated rings. The molecule has 2 heterocycles. The first-order chi connectivity index (χ1) is 31.3. The van der Waals surface area contributed by atoms with Crippen LogP contribution in [0.4, 0.5) is 17.1 Å². The summed E-state index contributed by atoms with van der Waals surface area (Å²) in [5, 5.41) is 5.06. The summed E-state index contributed by atoms with van der Waals surface area (Å²) in [6, 6.07) is 88.4. The molecular formula is C60H40N2S. The van der Waals surface area contributed by atoms with Crippen LogP contribution < -0.4 is 4.90 Å². The molecule has 2 aromatic heterocycles. The van der Waals surface area contributed by atoms with E-state index >= 15 is 0 Å². The Hall–Kier alpha value is -7.98. The summed E-state index contributed by atoms with van der Waals surface area (Å²) in [5.74, 6) is 0. The van der Waals surface area contributed by atoms with Gasteiger partial charge in [-0.2, -0.15) is 0 Å². The van der Waals surface area contributed by atoms with Gasteiger partial charge in [0.1, 0.15) is 0 Å². The Morgan fingerprint density at radius 2 is 0.841 bits per heavy atom. The molecule has 0 atom stereocenters. The first kappa shape index (κ1) is 36.8. The van der Waals surface area contributed by atoms with Crippen molar-refractivity contribution in [2.75, 3.05) is 4.90 Å². The van der Waals surface area contributed by atoms with Crippen molar-refractivity contribution in [3.05, 3.63) is 243 Å². The topological polar surface area (TPSA) is 8.17 Å². The smallest absolute Gasteiger partial charge is 0.0542 e. The molecule has 12 rings (SSSR count). The van der Waals surface area contributed by atoms with Gasteiger partial charge in [-0.3, -0.25) is 0 Å². The number of anilines is 3. The number of aromatic nitrogens is 1. The first-order valence-electron chi connectivity index (χ1n) is 21.5. The van der Waals surface area contributed by atoms with Crippen molar-refractivity contribution in [1.82, 2.24) is 4.57 Å². The molecule has 0 aliphatic rings. The molecule has 0 N–H and O–H groups in total. The number of fused-ring (bicyclic) bond motifs is 6. The third kappa shape index (κ3) is 6.33. The molecule has 0 aliphatic heterocycles. The molecule has 12 aromatic rings. The average Bonchev–Trinajstić information content (AvgIpc) is 3.91. The average molecular weight is 821 g/mol. The lowest BCUT2D eigenvalue weighted by Crippen LogP contribution is -2.11. The Kier molecular flexibility index (Phi) is 9.06. The summed E-state index contributed by atoms with van der Waals surface area (Å²) in [6.07, 6.45) is 0. The number of hydrogen-bond acceptors (Lipinski definition) is 2. The van der Waals surface area contributed by atoms with Crippen LogP contribution in [0.2, 0.25) is 0 Å². The quantitative estimate of drug-likeness (QED) is 0.148. The molecule has 0 spiro atoms. The number of benzene rings is 10. The van der Waals surface area contributed by atoms with E-state index in [9.17, 15) is 0 Å². The molecule has 0 radical (unpaired) electrons. The molecule has 296 valence electrons. The second kappa shape index (κ2) is 15.5. The van der Waals surface area contributed by atoms with Gasteiger partial charge in [0, 0.05) is 53.6 Å². The molecular weight excluding hydrogens is 781 g/mol. The minimum Gasteiger partial charge on any atom is -0.310 e. The third-order valence-corrected chi connectivity index (χ3v) is 13.6. The van der Waals surface area contributed by atoms with E-state index in [2.05, 4.69) is 252 Å². The maximum absolute atomic E-state index is 2.45. The van der Waals surface area contributed by atoms with E-state index in [1.54, 1.807) is 0 Å². The second-order valence-corrected chi connectivity index (χ2v) is 17.1. The molecule has 3 heteroatoms. The van der Waals surface area contributed by atoms with Crippen LogP contribution in [-0.4, -0.2) is 4.57 Å². The van der Waals surface area contributed by atoms with Gasteiger partial charge in [-0.25, -0.2) is 0 Å². The van der Waals surface area contributed by atoms with E-state index in [1.165, 1.54) is 80.9 Å². The molecule has 63 heavy (non-hydrogen) atoms. The normalized spacial score (nSPS) is 11.5. The van der Waals surface area contributed by atoms with E-state index in [0.717, 1.165) is 28.3 Å². The van der Waals surface area contributed by atoms with Crippen molar-refractivity contribution < 1.29 is 0 Å². The number of thiophene rings is 1. The first-order valence-corrected chi connectivity index (χ1v) is 22.3. The van der Waals surface area contributed by atoms with Crippen LogP contribution >= 0.6 is 11.3 Å². The Morgan fingerprint density at radius 1 is 0.317 bits per heavy atom. The fourth-order valence-corrected chi connectivity index (χ4v) is 10.8. The summed E-state index contributed by atoms with van der Waals surface area (Å²) in [5.41, 5.74) is 16.4. The van der Waals surface area contributed by atoms with Crippen molar-refractivity contribution in [1.29, 1.82) is 0 Å². The second-order valence-electron chi connectivity index (χ2n) is 16.0. The van der Waals surface area contributed by atoms with Crippen molar-refractivity contribution >= 4 is 70.4 Å². The van der Waals surface area contributed by atoms with E-state index in [1.807, 2.05) is 11.3 Å². The van der Waals surface area contributed by atoms with E-state index in [0.29, 0.717) is 0 Å². The lowest BCUT2D eigenvalue weighted by Gasteiger charge is -2.29. The molecule has 0 saturated carbocycles. The van der Waals surface area contributed by atoms with Gasteiger partial charge in [0.05, 0.1) is 16.7 Å². The Balaban J connectivity index is 1.07. The fourth-order valence-electron chi connectivity index (χ4n) is 9.62. The van der Waals surface area contributed by atoms with Gasteiger partial charge in [0.2, 0.25) is 0 Å². The van der Waals surface area contributed by atoms with Crippen molar-refractivity contribution in [3.8, 4) is 50.2 Å². The van der Waals surface area contributed by atoms with Crippen LogP contribution in [0.1, 0.15) is 0 Å². The highest BCUT2D eigenvalue weighted by Gasteiger charge is 2.22. The Labute approximate surface area is 370 Å². The van der Waals surface area contributed by atoms with Crippen molar-refractivity contribution in [2.45, 2.75) is 0 Å². The summed E-state index contributed by atoms with van der Waals surface area (Å²) in [7, 11) is 0. The van der Waals surface area contributed by atoms with Crippen LogP contribution in [-0.2, 0) is 0 Å². The van der Waals surface area contributed by atoms with E-state index in [4.69, 9.17) is 0 Å². The summed E-state index contributed by atoms with van der Waals surface area (Å²) >= 11 is 1.86. The number of para-hydroxylation sites is 3. The summed E-state index contributed by atoms with van der Waals surface area (Å²) in [6.45, 7) is 0. The zero-order valence-electron chi connectivity index (χ0n) is 34.4. The number of rotatable bonds is 8. The summed E-state index contributed by atoms with van der Waals surface area (Å²) in [4.78, 5) is 2.45. The monoisotopic (exact) mass is 820 g/mol. The van der Waals surface area contributed by atoms with Gasteiger partial charge < -0.3 is 9.47 Å². The van der Waals surface area contributed by atoms with Crippen LogP contribution in [0, 0.1) is 0 Å². The van der Waals surface area contributed by atoms with Crippen molar-refractivity contribution in [3.63, 3.8) is 0 Å². The standard InChI is InChI=1S/C60H40N2S/c1-3-18-41(19-4-1)46-22-7-8-23-48(46)49-24-9-10-25-50(49)51-26-11-14-30-55(51)61(44-36-34-42(35-37-44)47-29-17-33-59-60(47)53-28-13-16-32-58(53)63-59)45-38-39-57-54(40-45)52-27-12-15-31-56(52)62(57)43-20-5-2-6-21-43/h1-40H. The number of nitrogens with zero attached hydrogens (tertiary/aromatic N) is 2. The van der Waals surface area contributed by atoms with Gasteiger partial charge in [0.25, 0.3) is 0 Å². The van der Waals surface area contributed by atoms with Gasteiger partial charge >= 0.3 is 0 Å². The van der Waals surface area contributed by atoms with Gasteiger partial charge in [-0.1, -0.05) is 176 Å². The predicted molar refractivity (Wildman–Crippen MR) is 270 cm³/mol. The molecule has 0 aliphatic carbocycles. The van der Waals surface area contributed by atoms with Crippen LogP contribution in [0.15, 0.2) is 243 Å². The molecule has 0 saturated heterocycles. The predicted octanol–water partition coefficient (Wildman–Crippen LogP) is 17.3. The minimum atomic E-state index is 1.09. The Bertz CT molecular complexity index is 3620. The molecule has 0 bridgehead atoms. The van der Waals surface area contributed by atoms with Crippen LogP contribution in [0.5, 0.6) is 0 Å². The van der Waals surface area contributed by atoms with Gasteiger partial charge in [-0.05, 0) is 106 Å². The zero-order chi connectivity index (χ0) is 41.7. The highest BCUT2D eigenvalue weighted by molar-refractivity contribution is 7.25. The zero-order valence-corrected chi connectivity index (χ0v) is 35.2. The molecule has 0 amide bonds. The van der Waals surface area contributed by atoms with Gasteiger partial charge in [0.15, 0.2) is 0 Å². The van der Waals surface area contributed by atoms with E-state index < -0.39 is 0 Å². The van der Waals surface area contributed by atoms with Gasteiger partial charge in [-0.15, -0.1) is 11.3 Å². The fraction of sp³-hybridized carbons (Fsp3) is 0.